The van der Waals surface area contributed by atoms with Crippen LogP contribution in [0.5, 0.6) is 0 Å². The van der Waals surface area contributed by atoms with E-state index >= 15 is 0 Å². The monoisotopic (exact) mass is 1510 g/mol. The molecule has 22 nitrogen and oxygen atoms in total. The Morgan fingerprint density at radius 1 is 0.486 bits per heavy atom. The van der Waals surface area contributed by atoms with Crippen LogP contribution < -0.4 is 0 Å². The van der Waals surface area contributed by atoms with E-state index in [-0.39, 0.29) is 84.1 Å². The van der Waals surface area contributed by atoms with Gasteiger partial charge in [-0.25, -0.2) is 0 Å². The van der Waals surface area contributed by atoms with Crippen molar-refractivity contribution in [3.8, 4) is 0 Å². The molecule has 0 aromatic rings. The molecule has 14 saturated carbocycles. The van der Waals surface area contributed by atoms with Crippen molar-refractivity contribution < 1.29 is 106 Å². The predicted octanol–water partition coefficient (Wildman–Crippen LogP) is 14.8. The molecule has 0 aromatic carbocycles. The van der Waals surface area contributed by atoms with Gasteiger partial charge in [0.2, 0.25) is 0 Å². The zero-order chi connectivity index (χ0) is 78.6. The number of aliphatic carboxylic acids is 1. The number of ether oxygens (including phenoxy) is 11. The highest BCUT2D eigenvalue weighted by atomic mass is 16.7. The number of carboxylic acid groups (broad SMARTS) is 1. The van der Waals surface area contributed by atoms with Crippen LogP contribution in [-0.2, 0) is 90.5 Å². The van der Waals surface area contributed by atoms with E-state index in [1.807, 2.05) is 83.1 Å². The number of fused-ring (bicyclic) bond motifs is 6. The number of aliphatic hydroxyl groups is 2. The van der Waals surface area contributed by atoms with Crippen molar-refractivity contribution in [2.24, 2.45) is 86.3 Å². The SMILES string of the molecule is CCC(C)(C)C(=O)O.CCC(C)(C)C(=O)OC12CC3CC(O)(CC(O)(C3)C1)C2.CCC(C)(C)C(=O)OC12CC3CC(OC(C)OC4CCCCC4)(C1)CC(OC(C)OC1CCCCC1)(C3)C2.CCC(C)(C)C(=O)OC1C2CC3C1OC(=O)C3C2C(=O)OC.CCC(C)(C)C(=O)OC1CC2CC1C1COC(=O)C21. The Balaban J connectivity index is 0.000000153. The summed E-state index contributed by atoms with van der Waals surface area (Å²) in [4.78, 5) is 96.3. The van der Waals surface area contributed by atoms with Crippen LogP contribution in [0.4, 0.5) is 0 Å². The summed E-state index contributed by atoms with van der Waals surface area (Å²) >= 11 is 0. The first-order chi connectivity index (χ1) is 49.9. The summed E-state index contributed by atoms with van der Waals surface area (Å²) in [6.07, 6.45) is 26.2. The Labute approximate surface area is 637 Å². The van der Waals surface area contributed by atoms with Gasteiger partial charge in [-0.15, -0.1) is 0 Å². The van der Waals surface area contributed by atoms with Gasteiger partial charge in [-0.05, 0) is 216 Å². The second-order valence-corrected chi connectivity index (χ2v) is 39.2. The third-order valence-corrected chi connectivity index (χ3v) is 28.7. The van der Waals surface area contributed by atoms with E-state index < -0.39 is 96.7 Å². The minimum absolute atomic E-state index is 0.000856. The summed E-state index contributed by atoms with van der Waals surface area (Å²) in [5.74, 6) is -1.68. The molecule has 2 aliphatic heterocycles. The molecule has 16 rings (SSSR count). The molecule has 16 fully saturated rings. The van der Waals surface area contributed by atoms with Gasteiger partial charge in [-0.3, -0.25) is 38.4 Å². The van der Waals surface area contributed by atoms with Gasteiger partial charge in [-0.1, -0.05) is 73.1 Å². The minimum Gasteiger partial charge on any atom is -0.481 e. The van der Waals surface area contributed by atoms with Gasteiger partial charge in [-0.2, -0.15) is 0 Å². The largest absolute Gasteiger partial charge is 0.481 e. The lowest BCUT2D eigenvalue weighted by atomic mass is 9.50. The van der Waals surface area contributed by atoms with E-state index in [2.05, 4.69) is 20.8 Å². The fraction of sp³-hybridized carbons (Fsp3) is 0.906. The van der Waals surface area contributed by atoms with Crippen LogP contribution in [0, 0.1) is 86.3 Å². The Morgan fingerprint density at radius 3 is 1.36 bits per heavy atom. The summed E-state index contributed by atoms with van der Waals surface area (Å²) in [6, 6.07) is 0. The standard InChI is InChI=1S/C32H54O6.C16H22O6.C16H26O4.C15H22O4.C6H12O2/c1-6-29(4,5)28(33)38-32-19-25-17-30(21-32,36-23(2)34-26-13-9-7-10-14-26)20-31(18-25,22-32)37-24(3)35-27-15-11-8-12-16-27;1-5-16(2,3)15(19)22-12-7-6-8-10(9(7)13(17)20-4)14(18)21-11(8)12;1-4-13(2,3)12(17)20-16-7-11-5-14(18,9-16)8-15(19,6-11)10-16;1-4-15(2,3)14(17)19-11-6-8-5-9(11)10-7-18-13(16)12(8)10;1-4-6(2,3)5(7)8/h23-27H,6-22H2,1-5H3;7-12H,5-6H2,1-4H3;11,18-19H,4-10H2,1-3H3;8-12H,4-7H2,1-3H3;4H2,1-3H3,(H,7,8). The number of carboxylic acids is 1. The highest BCUT2D eigenvalue weighted by Crippen LogP contribution is 2.66. The van der Waals surface area contributed by atoms with Gasteiger partial charge in [0.15, 0.2) is 12.6 Å². The lowest BCUT2D eigenvalue weighted by Gasteiger charge is -2.65. The number of hydrogen-bond acceptors (Lipinski definition) is 21. The molecule has 2 saturated heterocycles. The van der Waals surface area contributed by atoms with Gasteiger partial charge < -0.3 is 67.4 Å². The fourth-order valence-corrected chi connectivity index (χ4v) is 21.6. The zero-order valence-corrected chi connectivity index (χ0v) is 68.3. The van der Waals surface area contributed by atoms with Crippen LogP contribution in [-0.4, -0.2) is 153 Å². The minimum atomic E-state index is -0.842. The molecule has 0 amide bonds. The highest BCUT2D eigenvalue weighted by Gasteiger charge is 2.72. The normalized spacial score (nSPS) is 38.1. The third kappa shape index (κ3) is 18.4. The van der Waals surface area contributed by atoms with Crippen molar-refractivity contribution >= 4 is 47.8 Å². The van der Waals surface area contributed by atoms with Crippen LogP contribution in [0.1, 0.15) is 310 Å². The molecule has 12 bridgehead atoms. The Hall–Kier alpha value is -4.48. The average Bonchev–Trinajstić information content (AvgIpc) is 1.32. The molecule has 3 N–H and O–H groups in total. The molecule has 22 heteroatoms. The van der Waals surface area contributed by atoms with Gasteiger partial charge in [0.05, 0.1) is 93.2 Å². The molecule has 0 aromatic heterocycles. The van der Waals surface area contributed by atoms with Crippen molar-refractivity contribution in [1.29, 1.82) is 0 Å². The van der Waals surface area contributed by atoms with Crippen LogP contribution in [0.3, 0.4) is 0 Å². The average molecular weight is 1510 g/mol. The number of carbonyl (C=O) groups is 8. The van der Waals surface area contributed by atoms with E-state index in [4.69, 9.17) is 57.2 Å². The Kier molecular flexibility index (Phi) is 25.6. The molecule has 14 aliphatic carbocycles. The van der Waals surface area contributed by atoms with Crippen molar-refractivity contribution in [3.05, 3.63) is 0 Å². The first-order valence-corrected chi connectivity index (χ1v) is 41.6. The molecule has 17 unspecified atom stereocenters. The van der Waals surface area contributed by atoms with E-state index in [0.29, 0.717) is 75.1 Å². The number of rotatable bonds is 23. The second-order valence-electron chi connectivity index (χ2n) is 39.2. The maximum atomic E-state index is 13.4. The molecular formula is C85H136O22. The molecule has 0 spiro atoms. The van der Waals surface area contributed by atoms with Crippen LogP contribution in [0.2, 0.25) is 0 Å². The van der Waals surface area contributed by atoms with Crippen molar-refractivity contribution in [1.82, 2.24) is 0 Å². The summed E-state index contributed by atoms with van der Waals surface area (Å²) in [5, 5.41) is 29.8. The first kappa shape index (κ1) is 85.0. The highest BCUT2D eigenvalue weighted by molar-refractivity contribution is 5.86. The molecular weight excluding hydrogens is 1370 g/mol. The topological polar surface area (TPSA) is 299 Å². The Bertz CT molecular complexity index is 3130. The van der Waals surface area contributed by atoms with Gasteiger partial charge in [0.1, 0.15) is 29.5 Å². The zero-order valence-electron chi connectivity index (χ0n) is 68.3. The molecule has 2 heterocycles. The summed E-state index contributed by atoms with van der Waals surface area (Å²) < 4.78 is 65.9. The number of cyclic esters (lactones) is 1. The van der Waals surface area contributed by atoms with Gasteiger partial charge in [0, 0.05) is 62.2 Å². The number of esters is 7. The van der Waals surface area contributed by atoms with E-state index in [0.717, 1.165) is 116 Å². The number of hydrogen-bond donors (Lipinski definition) is 3. The van der Waals surface area contributed by atoms with E-state index in [1.54, 1.807) is 13.8 Å². The molecule has 608 valence electrons. The summed E-state index contributed by atoms with van der Waals surface area (Å²) in [6.45, 7) is 33.2. The van der Waals surface area contributed by atoms with Gasteiger partial charge >= 0.3 is 47.8 Å². The van der Waals surface area contributed by atoms with E-state index in [9.17, 15) is 48.6 Å². The smallest absolute Gasteiger partial charge is 0.312 e. The Morgan fingerprint density at radius 2 is 0.916 bits per heavy atom. The number of carbonyl (C=O) groups excluding carboxylic acids is 7. The fourth-order valence-electron chi connectivity index (χ4n) is 21.6. The predicted molar refractivity (Wildman–Crippen MR) is 395 cm³/mol. The lowest BCUT2D eigenvalue weighted by Crippen LogP contribution is -2.69. The van der Waals surface area contributed by atoms with Crippen LogP contribution in [0.25, 0.3) is 0 Å². The maximum Gasteiger partial charge on any atom is 0.312 e. The molecule has 17 atom stereocenters. The summed E-state index contributed by atoms with van der Waals surface area (Å²) in [5.41, 5.74) is -6.22. The first-order valence-electron chi connectivity index (χ1n) is 41.6. The maximum absolute atomic E-state index is 13.4. The van der Waals surface area contributed by atoms with Crippen molar-refractivity contribution in [3.63, 3.8) is 0 Å². The molecule has 107 heavy (non-hydrogen) atoms. The second kappa shape index (κ2) is 32.2. The lowest BCUT2D eigenvalue weighted by molar-refractivity contribution is -0.341. The van der Waals surface area contributed by atoms with Crippen LogP contribution in [0.15, 0.2) is 0 Å². The summed E-state index contributed by atoms with van der Waals surface area (Å²) in [7, 11) is 1.31. The molecule has 0 radical (unpaired) electrons. The third-order valence-electron chi connectivity index (χ3n) is 28.7. The van der Waals surface area contributed by atoms with Crippen LogP contribution >= 0.6 is 0 Å². The van der Waals surface area contributed by atoms with Crippen molar-refractivity contribution in [2.45, 2.75) is 387 Å². The number of methoxy groups -OCH3 is 1. The van der Waals surface area contributed by atoms with Crippen molar-refractivity contribution in [2.75, 3.05) is 13.7 Å². The van der Waals surface area contributed by atoms with E-state index in [1.165, 1.54) is 45.6 Å². The molecule has 16 aliphatic rings. The van der Waals surface area contributed by atoms with Gasteiger partial charge in [0.25, 0.3) is 0 Å². The quantitative estimate of drug-likeness (QED) is 0.0486.